The summed E-state index contributed by atoms with van der Waals surface area (Å²) in [4.78, 5) is 4.26. The fraction of sp³-hybridized carbons (Fsp3) is 0.588. The van der Waals surface area contributed by atoms with Crippen LogP contribution in [0, 0.1) is 0 Å². The van der Waals surface area contributed by atoms with E-state index in [-0.39, 0.29) is 5.41 Å². The molecular weight excluding hydrogens is 278 g/mol. The molecule has 5 nitrogen and oxygen atoms in total. The van der Waals surface area contributed by atoms with Crippen LogP contribution in [-0.2, 0) is 10.2 Å². The van der Waals surface area contributed by atoms with E-state index in [1.807, 2.05) is 19.1 Å². The van der Waals surface area contributed by atoms with E-state index in [4.69, 9.17) is 9.47 Å². The molecule has 0 bridgehead atoms. The molecule has 1 saturated carbocycles. The molecule has 1 aliphatic carbocycles. The molecule has 0 aromatic heterocycles. The quantitative estimate of drug-likeness (QED) is 0.438. The van der Waals surface area contributed by atoms with Gasteiger partial charge in [0.2, 0.25) is 0 Å². The zero-order chi connectivity index (χ0) is 15.8. The molecule has 0 atom stereocenters. The first-order valence-electron chi connectivity index (χ1n) is 7.91. The van der Waals surface area contributed by atoms with Gasteiger partial charge in [-0.15, -0.1) is 0 Å². The van der Waals surface area contributed by atoms with Crippen molar-refractivity contribution < 1.29 is 9.47 Å². The van der Waals surface area contributed by atoms with Gasteiger partial charge in [0.15, 0.2) is 5.96 Å². The second kappa shape index (κ2) is 8.03. The molecule has 5 heteroatoms. The number of nitrogens with zero attached hydrogens (tertiary/aromatic N) is 1. The first-order valence-corrected chi connectivity index (χ1v) is 7.91. The number of para-hydroxylation sites is 1. The molecule has 0 amide bonds. The lowest BCUT2D eigenvalue weighted by atomic mass is 9.95. The monoisotopic (exact) mass is 305 g/mol. The number of nitrogens with one attached hydrogen (secondary N) is 2. The van der Waals surface area contributed by atoms with Crippen LogP contribution in [0.4, 0.5) is 0 Å². The summed E-state index contributed by atoms with van der Waals surface area (Å²) in [6.07, 6.45) is 2.35. The summed E-state index contributed by atoms with van der Waals surface area (Å²) < 4.78 is 10.8. The van der Waals surface area contributed by atoms with Gasteiger partial charge in [0.25, 0.3) is 0 Å². The van der Waals surface area contributed by atoms with Crippen molar-refractivity contribution in [1.29, 1.82) is 0 Å². The normalized spacial score (nSPS) is 16.2. The Morgan fingerprint density at radius 1 is 1.27 bits per heavy atom. The topological polar surface area (TPSA) is 54.9 Å². The van der Waals surface area contributed by atoms with Gasteiger partial charge in [-0.05, 0) is 25.8 Å². The fourth-order valence-electron chi connectivity index (χ4n) is 2.63. The van der Waals surface area contributed by atoms with Crippen molar-refractivity contribution in [2.75, 3.05) is 40.5 Å². The molecule has 0 radical (unpaired) electrons. The highest BCUT2D eigenvalue weighted by molar-refractivity contribution is 5.79. The molecule has 0 saturated heterocycles. The van der Waals surface area contributed by atoms with Crippen molar-refractivity contribution in [3.63, 3.8) is 0 Å². The van der Waals surface area contributed by atoms with Gasteiger partial charge in [-0.1, -0.05) is 18.2 Å². The molecule has 1 fully saturated rings. The molecule has 1 aliphatic rings. The lowest BCUT2D eigenvalue weighted by Crippen LogP contribution is -2.42. The highest BCUT2D eigenvalue weighted by Crippen LogP contribution is 2.50. The van der Waals surface area contributed by atoms with E-state index in [2.05, 4.69) is 27.8 Å². The summed E-state index contributed by atoms with van der Waals surface area (Å²) in [5, 5.41) is 6.69. The number of hydrogen-bond acceptors (Lipinski definition) is 3. The van der Waals surface area contributed by atoms with E-state index in [9.17, 15) is 0 Å². The minimum Gasteiger partial charge on any atom is -0.496 e. The van der Waals surface area contributed by atoms with E-state index in [0.29, 0.717) is 6.61 Å². The zero-order valence-electron chi connectivity index (χ0n) is 13.8. The summed E-state index contributed by atoms with van der Waals surface area (Å²) in [5.41, 5.74) is 1.46. The first kappa shape index (κ1) is 16.6. The maximum absolute atomic E-state index is 5.51. The Morgan fingerprint density at radius 2 is 2.05 bits per heavy atom. The second-order valence-electron chi connectivity index (χ2n) is 5.53. The van der Waals surface area contributed by atoms with Crippen molar-refractivity contribution in [2.45, 2.75) is 25.2 Å². The molecule has 2 N–H and O–H groups in total. The third-order valence-electron chi connectivity index (χ3n) is 4.09. The first-order chi connectivity index (χ1) is 10.8. The third kappa shape index (κ3) is 4.13. The molecule has 22 heavy (non-hydrogen) atoms. The van der Waals surface area contributed by atoms with E-state index >= 15 is 0 Å². The van der Waals surface area contributed by atoms with Crippen molar-refractivity contribution in [3.8, 4) is 5.75 Å². The standard InChI is InChI=1S/C17H27N3O2/c1-4-22-12-11-19-16(18-2)20-13-17(9-10-17)14-7-5-6-8-15(14)21-3/h5-8H,4,9-13H2,1-3H3,(H2,18,19,20). The highest BCUT2D eigenvalue weighted by Gasteiger charge is 2.45. The van der Waals surface area contributed by atoms with Gasteiger partial charge in [-0.2, -0.15) is 0 Å². The van der Waals surface area contributed by atoms with Gasteiger partial charge in [-0.3, -0.25) is 4.99 Å². The van der Waals surface area contributed by atoms with Crippen LogP contribution in [0.25, 0.3) is 0 Å². The smallest absolute Gasteiger partial charge is 0.191 e. The van der Waals surface area contributed by atoms with E-state index in [0.717, 1.165) is 31.4 Å². The lowest BCUT2D eigenvalue weighted by Gasteiger charge is -2.21. The Morgan fingerprint density at radius 3 is 2.68 bits per heavy atom. The minimum atomic E-state index is 0.171. The Balaban J connectivity index is 1.90. The van der Waals surface area contributed by atoms with Crippen molar-refractivity contribution in [1.82, 2.24) is 10.6 Å². The predicted octanol–water partition coefficient (Wildman–Crippen LogP) is 1.93. The molecule has 1 aromatic rings. The number of rotatable bonds is 8. The van der Waals surface area contributed by atoms with Crippen LogP contribution in [0.3, 0.4) is 0 Å². The average Bonchev–Trinajstić information content (AvgIpc) is 3.35. The molecule has 122 valence electrons. The van der Waals surface area contributed by atoms with Crippen LogP contribution in [-0.4, -0.2) is 46.4 Å². The van der Waals surface area contributed by atoms with Crippen LogP contribution in [0.2, 0.25) is 0 Å². The summed E-state index contributed by atoms with van der Waals surface area (Å²) in [6.45, 7) is 5.05. The number of hydrogen-bond donors (Lipinski definition) is 2. The fourth-order valence-corrected chi connectivity index (χ4v) is 2.63. The largest absolute Gasteiger partial charge is 0.496 e. The van der Waals surface area contributed by atoms with Crippen molar-refractivity contribution in [3.05, 3.63) is 29.8 Å². The van der Waals surface area contributed by atoms with Gasteiger partial charge in [-0.25, -0.2) is 0 Å². The van der Waals surface area contributed by atoms with Gasteiger partial charge in [0.05, 0.1) is 13.7 Å². The van der Waals surface area contributed by atoms with Gasteiger partial charge >= 0.3 is 0 Å². The molecule has 0 spiro atoms. The number of methoxy groups -OCH3 is 1. The summed E-state index contributed by atoms with van der Waals surface area (Å²) in [6, 6.07) is 8.29. The van der Waals surface area contributed by atoms with Crippen LogP contribution in [0.5, 0.6) is 5.75 Å². The molecule has 0 aliphatic heterocycles. The molecule has 2 rings (SSSR count). The SMILES string of the molecule is CCOCCNC(=NC)NCC1(c2ccccc2OC)CC1. The molecule has 0 heterocycles. The number of ether oxygens (including phenoxy) is 2. The second-order valence-corrected chi connectivity index (χ2v) is 5.53. The summed E-state index contributed by atoms with van der Waals surface area (Å²) in [5.74, 6) is 1.79. The minimum absolute atomic E-state index is 0.171. The van der Waals surface area contributed by atoms with Gasteiger partial charge in [0, 0.05) is 37.7 Å². The highest BCUT2D eigenvalue weighted by atomic mass is 16.5. The summed E-state index contributed by atoms with van der Waals surface area (Å²) >= 11 is 0. The van der Waals surface area contributed by atoms with E-state index in [1.54, 1.807) is 14.2 Å². The average molecular weight is 305 g/mol. The van der Waals surface area contributed by atoms with Crippen LogP contribution < -0.4 is 15.4 Å². The van der Waals surface area contributed by atoms with Crippen LogP contribution in [0.1, 0.15) is 25.3 Å². The Hall–Kier alpha value is -1.75. The van der Waals surface area contributed by atoms with Crippen LogP contribution >= 0.6 is 0 Å². The third-order valence-corrected chi connectivity index (χ3v) is 4.09. The molecular formula is C17H27N3O2. The Labute approximate surface area is 133 Å². The predicted molar refractivity (Wildman–Crippen MR) is 89.8 cm³/mol. The molecule has 0 unspecified atom stereocenters. The van der Waals surface area contributed by atoms with Crippen LogP contribution in [0.15, 0.2) is 29.3 Å². The number of aliphatic imine (C=N–C) groups is 1. The maximum Gasteiger partial charge on any atom is 0.191 e. The number of guanidine groups is 1. The lowest BCUT2D eigenvalue weighted by molar-refractivity contribution is 0.152. The number of benzene rings is 1. The summed E-state index contributed by atoms with van der Waals surface area (Å²) in [7, 11) is 3.52. The zero-order valence-corrected chi connectivity index (χ0v) is 13.8. The van der Waals surface area contributed by atoms with E-state index in [1.165, 1.54) is 18.4 Å². The van der Waals surface area contributed by atoms with Crippen molar-refractivity contribution >= 4 is 5.96 Å². The van der Waals surface area contributed by atoms with Gasteiger partial charge < -0.3 is 20.1 Å². The van der Waals surface area contributed by atoms with Crippen molar-refractivity contribution in [2.24, 2.45) is 4.99 Å². The van der Waals surface area contributed by atoms with Gasteiger partial charge in [0.1, 0.15) is 5.75 Å². The Kier molecular flexibility index (Phi) is 6.07. The maximum atomic E-state index is 5.51. The molecule has 1 aromatic carbocycles. The van der Waals surface area contributed by atoms with E-state index < -0.39 is 0 Å². The Bertz CT molecular complexity index is 498.